The van der Waals surface area contributed by atoms with Crippen molar-refractivity contribution in [2.75, 3.05) is 0 Å². The molecule has 0 unspecified atom stereocenters. The first-order valence-electron chi connectivity index (χ1n) is 10.6. The topological polar surface area (TPSA) is 78.9 Å². The zero-order valence-electron chi connectivity index (χ0n) is 18.2. The lowest BCUT2D eigenvalue weighted by molar-refractivity contribution is 0.0697. The summed E-state index contributed by atoms with van der Waals surface area (Å²) in [6, 6.07) is 19.5. The van der Waals surface area contributed by atoms with E-state index in [9.17, 15) is 9.90 Å². The maximum absolute atomic E-state index is 11.4. The smallest absolute Gasteiger partial charge is 0.335 e. The van der Waals surface area contributed by atoms with Crippen LogP contribution in [0.3, 0.4) is 0 Å². The highest BCUT2D eigenvalue weighted by Gasteiger charge is 2.22. The molecule has 3 aromatic carbocycles. The largest absolute Gasteiger partial charge is 0.478 e. The van der Waals surface area contributed by atoms with E-state index in [-0.39, 0.29) is 11.5 Å². The first-order valence-corrected chi connectivity index (χ1v) is 10.6. The fraction of sp³-hybridized carbons (Fsp3) is 0.148. The lowest BCUT2D eigenvalue weighted by Gasteiger charge is -2.21. The summed E-state index contributed by atoms with van der Waals surface area (Å²) in [6.07, 6.45) is 1.85. The molecule has 0 saturated heterocycles. The van der Waals surface area contributed by atoms with Crippen LogP contribution >= 0.6 is 0 Å². The normalized spacial score (nSPS) is 11.5. The summed E-state index contributed by atoms with van der Waals surface area (Å²) in [7, 11) is 0. The van der Waals surface area contributed by atoms with E-state index >= 15 is 0 Å². The van der Waals surface area contributed by atoms with Crippen LogP contribution in [0.15, 0.2) is 66.9 Å². The molecular formula is C27H23N3O2. The number of carbonyl (C=O) groups is 1. The Labute approximate surface area is 185 Å². The third-order valence-electron chi connectivity index (χ3n) is 6.02. The highest BCUT2D eigenvalue weighted by molar-refractivity contribution is 6.07. The molecule has 2 heterocycles. The Morgan fingerprint density at radius 3 is 2.38 bits per heavy atom. The van der Waals surface area contributed by atoms with Gasteiger partial charge in [0.15, 0.2) is 0 Å². The Hall–Kier alpha value is -3.99. The van der Waals surface area contributed by atoms with Gasteiger partial charge in [0.2, 0.25) is 0 Å². The van der Waals surface area contributed by atoms with Crippen molar-refractivity contribution < 1.29 is 9.90 Å². The van der Waals surface area contributed by atoms with Gasteiger partial charge in [-0.2, -0.15) is 5.10 Å². The number of nitrogens with zero attached hydrogens (tertiary/aromatic N) is 2. The third kappa shape index (κ3) is 3.14. The van der Waals surface area contributed by atoms with E-state index < -0.39 is 5.97 Å². The Bertz CT molecular complexity index is 1470. The molecule has 2 N–H and O–H groups in total. The van der Waals surface area contributed by atoms with Gasteiger partial charge >= 0.3 is 5.97 Å². The maximum Gasteiger partial charge on any atom is 0.335 e. The number of aromatic amines is 1. The van der Waals surface area contributed by atoms with Crippen LogP contribution in [0, 0.1) is 6.92 Å². The van der Waals surface area contributed by atoms with Crippen LogP contribution < -0.4 is 0 Å². The predicted molar refractivity (Wildman–Crippen MR) is 128 cm³/mol. The highest BCUT2D eigenvalue weighted by atomic mass is 16.4. The van der Waals surface area contributed by atoms with Gasteiger partial charge in [-0.3, -0.25) is 5.10 Å². The van der Waals surface area contributed by atoms with E-state index in [1.165, 1.54) is 0 Å². The number of aryl methyl sites for hydroxylation is 1. The second-order valence-electron chi connectivity index (χ2n) is 8.38. The molecule has 0 aliphatic heterocycles. The SMILES string of the molecule is Cc1c2nc(-c3ccc(C(=O)O)cc3)c(C(C)C)c(-c3ccccc3)c2cc2cn[nH]c12. The Morgan fingerprint density at radius 1 is 1.00 bits per heavy atom. The Balaban J connectivity index is 1.94. The number of benzene rings is 3. The van der Waals surface area contributed by atoms with Gasteiger partial charge in [-0.05, 0) is 47.7 Å². The molecule has 0 radical (unpaired) electrons. The molecule has 0 fully saturated rings. The van der Waals surface area contributed by atoms with E-state index in [0.717, 1.165) is 55.3 Å². The van der Waals surface area contributed by atoms with Gasteiger partial charge in [-0.25, -0.2) is 9.78 Å². The number of hydrogen-bond acceptors (Lipinski definition) is 3. The van der Waals surface area contributed by atoms with Crippen LogP contribution in [0.2, 0.25) is 0 Å². The van der Waals surface area contributed by atoms with Crippen LogP contribution in [0.4, 0.5) is 0 Å². The zero-order valence-corrected chi connectivity index (χ0v) is 18.2. The van der Waals surface area contributed by atoms with Gasteiger partial charge in [0.25, 0.3) is 0 Å². The van der Waals surface area contributed by atoms with E-state index in [4.69, 9.17) is 4.98 Å². The average Bonchev–Trinajstić information content (AvgIpc) is 3.27. The number of carboxylic acids is 1. The number of rotatable bonds is 4. The predicted octanol–water partition coefficient (Wildman–Crippen LogP) is 6.58. The molecule has 0 saturated carbocycles. The van der Waals surface area contributed by atoms with E-state index in [1.54, 1.807) is 12.1 Å². The molecule has 0 bridgehead atoms. The molecule has 5 aromatic rings. The minimum absolute atomic E-state index is 0.205. The summed E-state index contributed by atoms with van der Waals surface area (Å²) < 4.78 is 0. The molecule has 32 heavy (non-hydrogen) atoms. The van der Waals surface area contributed by atoms with Crippen molar-refractivity contribution in [2.24, 2.45) is 0 Å². The minimum Gasteiger partial charge on any atom is -0.478 e. The molecule has 0 aliphatic carbocycles. The van der Waals surface area contributed by atoms with Crippen molar-refractivity contribution in [3.05, 3.63) is 83.6 Å². The average molecular weight is 422 g/mol. The summed E-state index contributed by atoms with van der Waals surface area (Å²) in [4.78, 5) is 16.5. The second-order valence-corrected chi connectivity index (χ2v) is 8.38. The fourth-order valence-electron chi connectivity index (χ4n) is 4.49. The van der Waals surface area contributed by atoms with Crippen molar-refractivity contribution in [2.45, 2.75) is 26.7 Å². The lowest BCUT2D eigenvalue weighted by Crippen LogP contribution is -2.03. The summed E-state index contributed by atoms with van der Waals surface area (Å²) in [5.74, 6) is -0.730. The third-order valence-corrected chi connectivity index (χ3v) is 6.02. The van der Waals surface area contributed by atoms with Crippen LogP contribution in [-0.2, 0) is 0 Å². The molecule has 5 nitrogen and oxygen atoms in total. The van der Waals surface area contributed by atoms with Gasteiger partial charge in [0.1, 0.15) is 0 Å². The summed E-state index contributed by atoms with van der Waals surface area (Å²) in [5, 5.41) is 18.8. The van der Waals surface area contributed by atoms with Crippen LogP contribution in [0.5, 0.6) is 0 Å². The Kier molecular flexibility index (Phi) is 4.74. The first-order chi connectivity index (χ1) is 15.5. The van der Waals surface area contributed by atoms with Crippen LogP contribution in [-0.4, -0.2) is 26.3 Å². The molecule has 0 aliphatic rings. The molecule has 5 heteroatoms. The van der Waals surface area contributed by atoms with Crippen LogP contribution in [0.1, 0.15) is 41.3 Å². The van der Waals surface area contributed by atoms with Crippen LogP contribution in [0.25, 0.3) is 44.2 Å². The lowest BCUT2D eigenvalue weighted by atomic mass is 9.85. The number of aromatic nitrogens is 3. The molecule has 158 valence electrons. The summed E-state index contributed by atoms with van der Waals surface area (Å²) in [5.41, 5.74) is 8.44. The van der Waals surface area contributed by atoms with Gasteiger partial charge in [-0.1, -0.05) is 56.3 Å². The number of pyridine rings is 1. The molecule has 0 spiro atoms. The number of hydrogen-bond donors (Lipinski definition) is 2. The molecule has 5 rings (SSSR count). The Morgan fingerprint density at radius 2 is 1.72 bits per heavy atom. The summed E-state index contributed by atoms with van der Waals surface area (Å²) >= 11 is 0. The number of nitrogens with one attached hydrogen (secondary N) is 1. The second kappa shape index (κ2) is 7.61. The van der Waals surface area contributed by atoms with Crippen molar-refractivity contribution in [1.29, 1.82) is 0 Å². The van der Waals surface area contributed by atoms with Gasteiger partial charge < -0.3 is 5.11 Å². The van der Waals surface area contributed by atoms with Crippen molar-refractivity contribution in [3.8, 4) is 22.4 Å². The molecule has 2 aromatic heterocycles. The minimum atomic E-state index is -0.936. The number of H-pyrrole nitrogens is 1. The molecule has 0 atom stereocenters. The van der Waals surface area contributed by atoms with Crippen molar-refractivity contribution in [3.63, 3.8) is 0 Å². The van der Waals surface area contributed by atoms with Gasteiger partial charge in [-0.15, -0.1) is 0 Å². The van der Waals surface area contributed by atoms with Crippen molar-refractivity contribution in [1.82, 2.24) is 15.2 Å². The van der Waals surface area contributed by atoms with Gasteiger partial charge in [0, 0.05) is 21.9 Å². The fourth-order valence-corrected chi connectivity index (χ4v) is 4.49. The van der Waals surface area contributed by atoms with Crippen molar-refractivity contribution >= 4 is 27.8 Å². The quantitative estimate of drug-likeness (QED) is 0.344. The van der Waals surface area contributed by atoms with E-state index in [0.29, 0.717) is 0 Å². The standard InChI is InChI=1S/C27H23N3O2/c1-15(2)22-23(17-7-5-4-6-8-17)21-13-20-14-28-30-24(20)16(3)25(21)29-26(22)18-9-11-19(12-10-18)27(31)32/h4-15H,1-3H3,(H,28,30)(H,31,32). The maximum atomic E-state index is 11.4. The van der Waals surface area contributed by atoms with Gasteiger partial charge in [0.05, 0.1) is 28.5 Å². The molecule has 0 amide bonds. The van der Waals surface area contributed by atoms with E-state index in [2.05, 4.69) is 61.3 Å². The number of aromatic carboxylic acids is 1. The zero-order chi connectivity index (χ0) is 22.4. The first kappa shape index (κ1) is 19.9. The molecular weight excluding hydrogens is 398 g/mol. The number of fused-ring (bicyclic) bond motifs is 2. The van der Waals surface area contributed by atoms with E-state index in [1.807, 2.05) is 24.4 Å². The highest BCUT2D eigenvalue weighted by Crippen LogP contribution is 2.42. The number of carboxylic acid groups (broad SMARTS) is 1. The summed E-state index contributed by atoms with van der Waals surface area (Å²) in [6.45, 7) is 6.41. The monoisotopic (exact) mass is 421 g/mol.